The van der Waals surface area contributed by atoms with E-state index in [9.17, 15) is 0 Å². The van der Waals surface area contributed by atoms with Gasteiger partial charge >= 0.3 is 0 Å². The highest BCUT2D eigenvalue weighted by Crippen LogP contribution is 2.33. The summed E-state index contributed by atoms with van der Waals surface area (Å²) in [4.78, 5) is 8.65. The van der Waals surface area contributed by atoms with Crippen molar-refractivity contribution in [1.82, 2.24) is 19.1 Å². The first kappa shape index (κ1) is 8.56. The van der Waals surface area contributed by atoms with Gasteiger partial charge in [-0.3, -0.25) is 14.1 Å². The Bertz CT molecular complexity index is 1140. The summed E-state index contributed by atoms with van der Waals surface area (Å²) < 4.78 is 29.6. The Morgan fingerprint density at radius 1 is 1.29 bits per heavy atom. The molecule has 0 unspecified atom stereocenters. The van der Waals surface area contributed by atoms with Gasteiger partial charge in [0.05, 0.1) is 30.2 Å². The van der Waals surface area contributed by atoms with E-state index >= 15 is 0 Å². The van der Waals surface area contributed by atoms with Crippen LogP contribution in [0.3, 0.4) is 0 Å². The van der Waals surface area contributed by atoms with Crippen molar-refractivity contribution in [2.75, 3.05) is 0 Å². The molecule has 0 saturated heterocycles. The van der Waals surface area contributed by atoms with Gasteiger partial charge < -0.3 is 0 Å². The summed E-state index contributed by atoms with van der Waals surface area (Å²) in [6.45, 7) is -1.67. The summed E-state index contributed by atoms with van der Waals surface area (Å²) >= 11 is 0. The van der Waals surface area contributed by atoms with Crippen molar-refractivity contribution in [2.45, 2.75) is 6.54 Å². The van der Waals surface area contributed by atoms with Gasteiger partial charge in [0.25, 0.3) is 5.65 Å². The van der Waals surface area contributed by atoms with Crippen LogP contribution in [0.5, 0.6) is 0 Å². The minimum absolute atomic E-state index is 0.613. The molecule has 0 aliphatic carbocycles. The molecule has 0 aromatic carbocycles. The number of rotatable bonds is 0. The van der Waals surface area contributed by atoms with Crippen molar-refractivity contribution in [2.24, 2.45) is 14.0 Å². The fraction of sp³-hybridized carbons (Fsp3) is 0.188. The lowest BCUT2D eigenvalue weighted by Crippen LogP contribution is -2.33. The molecule has 21 heavy (non-hydrogen) atoms. The Balaban J connectivity index is 2.02. The zero-order valence-corrected chi connectivity index (χ0v) is 11.4. The van der Waals surface area contributed by atoms with Crippen LogP contribution in [0.2, 0.25) is 0 Å². The van der Waals surface area contributed by atoms with E-state index in [0.29, 0.717) is 23.2 Å². The van der Waals surface area contributed by atoms with Gasteiger partial charge in [0.2, 0.25) is 11.3 Å². The third-order valence-corrected chi connectivity index (χ3v) is 4.31. The zero-order chi connectivity index (χ0) is 16.6. The molecule has 5 rings (SSSR count). The minimum Gasteiger partial charge on any atom is -0.264 e. The summed E-state index contributed by atoms with van der Waals surface area (Å²) in [5.41, 5.74) is 5.05. The first-order chi connectivity index (χ1) is 11.5. The summed E-state index contributed by atoms with van der Waals surface area (Å²) in [7, 11) is 1.96. The first-order valence-corrected chi connectivity index (χ1v) is 6.80. The SMILES string of the molecule is [2H]C([2H])([2H])n1c2cccnc2c2c1[n+]1c(n2C)-c2ccncc2C1. The number of hydrogen-bond acceptors (Lipinski definition) is 2. The molecule has 0 saturated carbocycles. The van der Waals surface area contributed by atoms with Crippen LogP contribution in [0.1, 0.15) is 9.68 Å². The highest BCUT2D eigenvalue weighted by atomic mass is 15.2. The number of nitrogens with zero attached hydrogens (tertiary/aromatic N) is 5. The Hall–Kier alpha value is -2.69. The van der Waals surface area contributed by atoms with E-state index in [2.05, 4.69) is 14.5 Å². The standard InChI is InChI=1S/C16H14N5/c1-19-12-4-3-6-18-13(12)14-16(19)21-9-10-8-17-7-5-11(10)15(21)20(14)2/h3-8H,9H2,1-2H3/q+1/i1D3. The van der Waals surface area contributed by atoms with Crippen molar-refractivity contribution < 1.29 is 8.68 Å². The van der Waals surface area contributed by atoms with Crippen LogP contribution in [0, 0.1) is 0 Å². The lowest BCUT2D eigenvalue weighted by atomic mass is 10.2. The summed E-state index contributed by atoms with van der Waals surface area (Å²) in [5, 5.41) is 0. The molecule has 0 spiro atoms. The average Bonchev–Trinajstić information content (AvgIpc) is 3.16. The molecule has 1 aliphatic rings. The van der Waals surface area contributed by atoms with E-state index < -0.39 is 6.98 Å². The van der Waals surface area contributed by atoms with Crippen molar-refractivity contribution in [3.8, 4) is 11.4 Å². The first-order valence-electron chi connectivity index (χ1n) is 8.30. The maximum absolute atomic E-state index is 8.02. The predicted molar refractivity (Wildman–Crippen MR) is 79.7 cm³/mol. The van der Waals surface area contributed by atoms with Crippen molar-refractivity contribution in [3.63, 3.8) is 0 Å². The fourth-order valence-electron chi connectivity index (χ4n) is 3.45. The van der Waals surface area contributed by atoms with Gasteiger partial charge in [0.1, 0.15) is 11.0 Å². The average molecular weight is 279 g/mol. The second kappa shape index (κ2) is 3.49. The van der Waals surface area contributed by atoms with Gasteiger partial charge in [-0.15, -0.1) is 0 Å². The number of aromatic nitrogens is 5. The molecule has 5 heterocycles. The number of pyridine rings is 2. The van der Waals surface area contributed by atoms with Gasteiger partial charge in [-0.05, 0) is 18.2 Å². The molecule has 0 bridgehead atoms. The largest absolute Gasteiger partial charge is 0.271 e. The zero-order valence-electron chi connectivity index (χ0n) is 14.4. The van der Waals surface area contributed by atoms with Gasteiger partial charge in [0, 0.05) is 24.2 Å². The normalized spacial score (nSPS) is 15.8. The van der Waals surface area contributed by atoms with Gasteiger partial charge in [-0.1, -0.05) is 0 Å². The second-order valence-electron chi connectivity index (χ2n) is 5.38. The van der Waals surface area contributed by atoms with Gasteiger partial charge in [-0.2, -0.15) is 0 Å². The maximum Gasteiger partial charge on any atom is 0.271 e. The Morgan fingerprint density at radius 2 is 2.24 bits per heavy atom. The van der Waals surface area contributed by atoms with E-state index in [1.165, 1.54) is 4.57 Å². The van der Waals surface area contributed by atoms with E-state index in [4.69, 9.17) is 4.11 Å². The highest BCUT2D eigenvalue weighted by Gasteiger charge is 2.34. The maximum atomic E-state index is 8.02. The lowest BCUT2D eigenvalue weighted by Gasteiger charge is -1.97. The van der Waals surface area contributed by atoms with Crippen LogP contribution in [-0.4, -0.2) is 19.1 Å². The highest BCUT2D eigenvalue weighted by molar-refractivity contribution is 6.02. The Morgan fingerprint density at radius 3 is 3.14 bits per heavy atom. The van der Waals surface area contributed by atoms with E-state index in [0.717, 1.165) is 22.5 Å². The number of hydrogen-bond donors (Lipinski definition) is 0. The van der Waals surface area contributed by atoms with Gasteiger partial charge in [-0.25, -0.2) is 9.55 Å². The molecule has 5 nitrogen and oxygen atoms in total. The Labute approximate surface area is 125 Å². The van der Waals surface area contributed by atoms with Crippen LogP contribution in [-0.2, 0) is 20.6 Å². The van der Waals surface area contributed by atoms with Crippen LogP contribution in [0.15, 0.2) is 36.8 Å². The fourth-order valence-corrected chi connectivity index (χ4v) is 3.45. The van der Waals surface area contributed by atoms with Gasteiger partial charge in [0.15, 0.2) is 0 Å². The molecule has 4 aromatic heterocycles. The molecule has 0 fully saturated rings. The summed E-state index contributed by atoms with van der Waals surface area (Å²) in [6.07, 6.45) is 5.31. The molecule has 0 radical (unpaired) electrons. The monoisotopic (exact) mass is 279 g/mol. The topological polar surface area (TPSA) is 39.5 Å². The molecule has 4 aromatic rings. The lowest BCUT2D eigenvalue weighted by molar-refractivity contribution is -0.648. The number of aryl methyl sites for hydroxylation is 2. The molecule has 0 amide bonds. The van der Waals surface area contributed by atoms with Crippen LogP contribution in [0.4, 0.5) is 0 Å². The quantitative estimate of drug-likeness (QED) is 0.405. The molecule has 1 aliphatic heterocycles. The van der Waals surface area contributed by atoms with Crippen LogP contribution >= 0.6 is 0 Å². The summed E-state index contributed by atoms with van der Waals surface area (Å²) in [5.74, 6) is 0.989. The van der Waals surface area contributed by atoms with Crippen LogP contribution in [0.25, 0.3) is 33.6 Å². The second-order valence-corrected chi connectivity index (χ2v) is 5.38. The summed E-state index contributed by atoms with van der Waals surface area (Å²) in [6, 6.07) is 5.56. The number of fused-ring (bicyclic) bond motifs is 7. The molecule has 102 valence electrons. The van der Waals surface area contributed by atoms with E-state index in [1.807, 2.05) is 29.9 Å². The van der Waals surface area contributed by atoms with E-state index in [1.54, 1.807) is 18.5 Å². The smallest absolute Gasteiger partial charge is 0.264 e. The van der Waals surface area contributed by atoms with Crippen LogP contribution < -0.4 is 4.57 Å². The van der Waals surface area contributed by atoms with Crippen molar-refractivity contribution >= 4 is 22.2 Å². The third kappa shape index (κ3) is 1.15. The van der Waals surface area contributed by atoms with E-state index in [-0.39, 0.29) is 0 Å². The molecule has 0 atom stereocenters. The predicted octanol–water partition coefficient (Wildman–Crippen LogP) is 1.78. The number of imidazole rings is 1. The molecule has 5 heteroatoms. The van der Waals surface area contributed by atoms with Crippen molar-refractivity contribution in [1.29, 1.82) is 0 Å². The third-order valence-electron chi connectivity index (χ3n) is 4.31. The molecule has 0 N–H and O–H groups in total. The minimum atomic E-state index is -2.28. The molecular formula is C16H14N5+. The Kier molecular flexibility index (Phi) is 1.42. The van der Waals surface area contributed by atoms with Crippen molar-refractivity contribution in [3.05, 3.63) is 42.4 Å². The molecular weight excluding hydrogens is 262 g/mol.